The number of benzene rings is 1. The first-order valence-electron chi connectivity index (χ1n) is 7.33. The highest BCUT2D eigenvalue weighted by Crippen LogP contribution is 2.29. The fraction of sp³-hybridized carbons (Fsp3) is 0.562. The largest absolute Gasteiger partial charge is 0.354 e. The van der Waals surface area contributed by atoms with Gasteiger partial charge < -0.3 is 5.32 Å². The molecule has 0 radical (unpaired) electrons. The molecule has 0 aromatic heterocycles. The standard InChI is InChI=1S/C16H24N2O/c1-3-18(4-2)15(13-8-6-5-7-9-13)12-17-16(19)14-10-11-14/h5-9,14-15H,3-4,10-12H2,1-2H3,(H,17,19). The molecule has 0 spiro atoms. The molecule has 19 heavy (non-hydrogen) atoms. The Morgan fingerprint density at radius 2 is 1.89 bits per heavy atom. The Hall–Kier alpha value is -1.35. The summed E-state index contributed by atoms with van der Waals surface area (Å²) in [4.78, 5) is 14.2. The number of nitrogens with zero attached hydrogens (tertiary/aromatic N) is 1. The molecular weight excluding hydrogens is 236 g/mol. The fourth-order valence-electron chi connectivity index (χ4n) is 2.48. The summed E-state index contributed by atoms with van der Waals surface area (Å²) in [7, 11) is 0. The van der Waals surface area contributed by atoms with Crippen LogP contribution in [-0.4, -0.2) is 30.4 Å². The predicted octanol–water partition coefficient (Wildman–Crippen LogP) is 2.60. The monoisotopic (exact) mass is 260 g/mol. The second-order valence-electron chi connectivity index (χ2n) is 5.17. The summed E-state index contributed by atoms with van der Waals surface area (Å²) in [5.74, 6) is 0.515. The molecule has 1 unspecified atom stereocenters. The summed E-state index contributed by atoms with van der Waals surface area (Å²) >= 11 is 0. The Morgan fingerprint density at radius 1 is 1.26 bits per heavy atom. The van der Waals surface area contributed by atoms with Gasteiger partial charge in [-0.1, -0.05) is 44.2 Å². The van der Waals surface area contributed by atoms with Gasteiger partial charge in [-0.2, -0.15) is 0 Å². The van der Waals surface area contributed by atoms with Crippen molar-refractivity contribution in [2.45, 2.75) is 32.7 Å². The van der Waals surface area contributed by atoms with Crippen molar-refractivity contribution < 1.29 is 4.79 Å². The predicted molar refractivity (Wildman–Crippen MR) is 77.8 cm³/mol. The number of likely N-dealkylation sites (N-methyl/N-ethyl adjacent to an activating group) is 1. The van der Waals surface area contributed by atoms with E-state index >= 15 is 0 Å². The zero-order valence-corrected chi connectivity index (χ0v) is 11.9. The van der Waals surface area contributed by atoms with E-state index < -0.39 is 0 Å². The molecule has 0 bridgehead atoms. The maximum atomic E-state index is 11.8. The molecule has 2 rings (SSSR count). The van der Waals surface area contributed by atoms with Gasteiger partial charge in [0.15, 0.2) is 0 Å². The van der Waals surface area contributed by atoms with E-state index in [4.69, 9.17) is 0 Å². The number of hydrogen-bond donors (Lipinski definition) is 1. The van der Waals surface area contributed by atoms with Crippen molar-refractivity contribution in [1.82, 2.24) is 10.2 Å². The molecule has 1 aromatic carbocycles. The molecule has 1 amide bonds. The van der Waals surface area contributed by atoms with E-state index in [0.717, 1.165) is 25.9 Å². The molecular formula is C16H24N2O. The zero-order valence-electron chi connectivity index (χ0n) is 11.9. The van der Waals surface area contributed by atoms with Crippen molar-refractivity contribution in [1.29, 1.82) is 0 Å². The van der Waals surface area contributed by atoms with Crippen LogP contribution in [0.15, 0.2) is 30.3 Å². The van der Waals surface area contributed by atoms with Crippen molar-refractivity contribution in [3.05, 3.63) is 35.9 Å². The van der Waals surface area contributed by atoms with Gasteiger partial charge in [-0.25, -0.2) is 0 Å². The van der Waals surface area contributed by atoms with Crippen molar-refractivity contribution in [2.24, 2.45) is 5.92 Å². The fourth-order valence-corrected chi connectivity index (χ4v) is 2.48. The number of hydrogen-bond acceptors (Lipinski definition) is 2. The van der Waals surface area contributed by atoms with Crippen LogP contribution in [0.25, 0.3) is 0 Å². The molecule has 1 aromatic rings. The molecule has 3 nitrogen and oxygen atoms in total. The maximum Gasteiger partial charge on any atom is 0.223 e. The van der Waals surface area contributed by atoms with E-state index in [2.05, 4.69) is 48.3 Å². The van der Waals surface area contributed by atoms with Gasteiger partial charge in [-0.3, -0.25) is 9.69 Å². The summed E-state index contributed by atoms with van der Waals surface area (Å²) in [6, 6.07) is 10.7. The normalized spacial score (nSPS) is 16.4. The highest BCUT2D eigenvalue weighted by Gasteiger charge is 2.30. The summed E-state index contributed by atoms with van der Waals surface area (Å²) in [6.07, 6.45) is 2.13. The molecule has 0 aliphatic heterocycles. The SMILES string of the molecule is CCN(CC)C(CNC(=O)C1CC1)c1ccccc1. The van der Waals surface area contributed by atoms with Crippen LogP contribution in [-0.2, 0) is 4.79 Å². The summed E-state index contributed by atoms with van der Waals surface area (Å²) in [5.41, 5.74) is 1.28. The highest BCUT2D eigenvalue weighted by atomic mass is 16.2. The third-order valence-corrected chi connectivity index (χ3v) is 3.86. The first-order chi connectivity index (χ1) is 9.26. The molecule has 1 N–H and O–H groups in total. The Bertz CT molecular complexity index is 396. The third kappa shape index (κ3) is 3.80. The van der Waals surface area contributed by atoms with Gasteiger partial charge >= 0.3 is 0 Å². The Labute approximate surface area is 116 Å². The van der Waals surface area contributed by atoms with E-state index in [9.17, 15) is 4.79 Å². The summed E-state index contributed by atoms with van der Waals surface area (Å²) in [5, 5.41) is 3.11. The van der Waals surface area contributed by atoms with Crippen LogP contribution in [0.2, 0.25) is 0 Å². The van der Waals surface area contributed by atoms with Crippen molar-refractivity contribution in [2.75, 3.05) is 19.6 Å². The third-order valence-electron chi connectivity index (χ3n) is 3.86. The van der Waals surface area contributed by atoms with Gasteiger partial charge in [0.1, 0.15) is 0 Å². The lowest BCUT2D eigenvalue weighted by Gasteiger charge is -2.30. The van der Waals surface area contributed by atoms with E-state index in [1.807, 2.05) is 6.07 Å². The number of nitrogens with one attached hydrogen (secondary N) is 1. The summed E-state index contributed by atoms with van der Waals surface area (Å²) in [6.45, 7) is 7.04. The van der Waals surface area contributed by atoms with Crippen molar-refractivity contribution in [3.8, 4) is 0 Å². The van der Waals surface area contributed by atoms with Crippen LogP contribution >= 0.6 is 0 Å². The lowest BCUT2D eigenvalue weighted by atomic mass is 10.0. The average molecular weight is 260 g/mol. The number of rotatable bonds is 7. The van der Waals surface area contributed by atoms with E-state index in [-0.39, 0.29) is 17.9 Å². The Balaban J connectivity index is 2.03. The van der Waals surface area contributed by atoms with E-state index in [1.54, 1.807) is 0 Å². The van der Waals surface area contributed by atoms with Gasteiger partial charge in [-0.05, 0) is 31.5 Å². The van der Waals surface area contributed by atoms with Crippen LogP contribution in [0.1, 0.15) is 38.3 Å². The first kappa shape index (κ1) is 14.1. The zero-order chi connectivity index (χ0) is 13.7. The molecule has 1 fully saturated rings. The lowest BCUT2D eigenvalue weighted by molar-refractivity contribution is -0.122. The minimum atomic E-state index is 0.230. The molecule has 104 valence electrons. The minimum absolute atomic E-state index is 0.230. The van der Waals surface area contributed by atoms with Crippen molar-refractivity contribution >= 4 is 5.91 Å². The molecule has 3 heteroatoms. The van der Waals surface area contributed by atoms with Gasteiger partial charge in [0.25, 0.3) is 0 Å². The highest BCUT2D eigenvalue weighted by molar-refractivity contribution is 5.80. The topological polar surface area (TPSA) is 32.3 Å². The minimum Gasteiger partial charge on any atom is -0.354 e. The first-order valence-corrected chi connectivity index (χ1v) is 7.33. The van der Waals surface area contributed by atoms with Crippen LogP contribution in [0.4, 0.5) is 0 Å². The molecule has 1 atom stereocenters. The van der Waals surface area contributed by atoms with E-state index in [1.165, 1.54) is 5.56 Å². The second-order valence-corrected chi connectivity index (χ2v) is 5.17. The van der Waals surface area contributed by atoms with E-state index in [0.29, 0.717) is 6.54 Å². The lowest BCUT2D eigenvalue weighted by Crippen LogP contribution is -2.38. The maximum absolute atomic E-state index is 11.8. The molecule has 1 aliphatic carbocycles. The van der Waals surface area contributed by atoms with Crippen LogP contribution in [0, 0.1) is 5.92 Å². The smallest absolute Gasteiger partial charge is 0.223 e. The van der Waals surface area contributed by atoms with Gasteiger partial charge in [0.05, 0.1) is 6.04 Å². The van der Waals surface area contributed by atoms with Gasteiger partial charge in [-0.15, -0.1) is 0 Å². The Morgan fingerprint density at radius 3 is 2.42 bits per heavy atom. The number of carbonyl (C=O) groups is 1. The quantitative estimate of drug-likeness (QED) is 0.817. The molecule has 1 saturated carbocycles. The van der Waals surface area contributed by atoms with Crippen molar-refractivity contribution in [3.63, 3.8) is 0 Å². The molecule has 0 saturated heterocycles. The Kier molecular flexibility index (Phi) is 4.97. The number of amides is 1. The van der Waals surface area contributed by atoms with Crippen LogP contribution < -0.4 is 5.32 Å². The second kappa shape index (κ2) is 6.71. The average Bonchev–Trinajstić information content (AvgIpc) is 3.28. The number of carbonyl (C=O) groups excluding carboxylic acids is 1. The van der Waals surface area contributed by atoms with Gasteiger partial charge in [0, 0.05) is 12.5 Å². The van der Waals surface area contributed by atoms with Crippen LogP contribution in [0.5, 0.6) is 0 Å². The van der Waals surface area contributed by atoms with Gasteiger partial charge in [0.2, 0.25) is 5.91 Å². The molecule has 1 aliphatic rings. The van der Waals surface area contributed by atoms with Crippen LogP contribution in [0.3, 0.4) is 0 Å². The summed E-state index contributed by atoms with van der Waals surface area (Å²) < 4.78 is 0. The molecule has 0 heterocycles.